The van der Waals surface area contributed by atoms with Crippen LogP contribution < -0.4 is 10.0 Å². The molecule has 0 spiro atoms. The molecule has 0 fully saturated rings. The van der Waals surface area contributed by atoms with Crippen LogP contribution in [-0.4, -0.2) is 20.4 Å². The molecule has 0 heterocycles. The molecule has 2 N–H and O–H groups in total. The molecule has 0 radical (unpaired) electrons. The minimum atomic E-state index is -3.67. The van der Waals surface area contributed by atoms with Gasteiger partial charge in [-0.25, -0.2) is 21.9 Å². The van der Waals surface area contributed by atoms with Gasteiger partial charge in [-0.05, 0) is 49.7 Å². The van der Waals surface area contributed by atoms with Gasteiger partial charge in [-0.15, -0.1) is 0 Å². The second-order valence-corrected chi connectivity index (χ2v) is 7.28. The van der Waals surface area contributed by atoms with Crippen LogP contribution in [0.2, 0.25) is 0 Å². The summed E-state index contributed by atoms with van der Waals surface area (Å²) < 4.78 is 53.1. The third kappa shape index (κ3) is 5.07. The number of rotatable bonds is 6. The normalized spacial score (nSPS) is 12.6. The monoisotopic (exact) mass is 368 g/mol. The van der Waals surface area contributed by atoms with Gasteiger partial charge in [0.25, 0.3) is 5.91 Å². The predicted molar refractivity (Wildman–Crippen MR) is 90.8 cm³/mol. The molecule has 8 heteroatoms. The Morgan fingerprint density at radius 1 is 1.08 bits per heavy atom. The highest BCUT2D eigenvalue weighted by molar-refractivity contribution is 7.89. The average molecular weight is 368 g/mol. The molecular formula is C17H18F2N2O3S. The van der Waals surface area contributed by atoms with Crippen LogP contribution in [-0.2, 0) is 10.0 Å². The van der Waals surface area contributed by atoms with Crippen LogP contribution in [0, 0.1) is 11.6 Å². The lowest BCUT2D eigenvalue weighted by molar-refractivity contribution is 0.102. The molecule has 25 heavy (non-hydrogen) atoms. The number of benzene rings is 2. The summed E-state index contributed by atoms with van der Waals surface area (Å²) in [4.78, 5) is 12.1. The standard InChI is InChI=1S/C17H18F2N2O3S/c1-3-11(2)21-25(23,24)16-6-4-12(5-7-16)17(22)20-15-9-13(18)8-14(19)10-15/h4-11,21H,3H2,1-2H3,(H,20,22). The van der Waals surface area contributed by atoms with Crippen molar-refractivity contribution in [2.75, 3.05) is 5.32 Å². The van der Waals surface area contributed by atoms with E-state index in [1.54, 1.807) is 6.92 Å². The van der Waals surface area contributed by atoms with E-state index in [0.29, 0.717) is 12.5 Å². The molecule has 0 saturated carbocycles. The van der Waals surface area contributed by atoms with Gasteiger partial charge in [-0.1, -0.05) is 6.92 Å². The first kappa shape index (κ1) is 19.0. The Labute approximate surface area is 145 Å². The number of hydrogen-bond donors (Lipinski definition) is 2. The van der Waals surface area contributed by atoms with Crippen molar-refractivity contribution in [1.29, 1.82) is 0 Å². The zero-order valence-corrected chi connectivity index (χ0v) is 14.5. The summed E-state index contributed by atoms with van der Waals surface area (Å²) in [6.45, 7) is 3.60. The minimum Gasteiger partial charge on any atom is -0.322 e. The molecule has 1 amide bonds. The quantitative estimate of drug-likeness (QED) is 0.822. The summed E-state index contributed by atoms with van der Waals surface area (Å²) >= 11 is 0. The third-order valence-corrected chi connectivity index (χ3v) is 5.12. The van der Waals surface area contributed by atoms with Crippen LogP contribution in [0.4, 0.5) is 14.5 Å². The van der Waals surface area contributed by atoms with E-state index in [-0.39, 0.29) is 22.2 Å². The van der Waals surface area contributed by atoms with Gasteiger partial charge in [0.2, 0.25) is 10.0 Å². The fraction of sp³-hybridized carbons (Fsp3) is 0.235. The maximum atomic E-state index is 13.1. The molecule has 0 aromatic heterocycles. The fourth-order valence-electron chi connectivity index (χ4n) is 2.03. The van der Waals surface area contributed by atoms with Gasteiger partial charge in [0.15, 0.2) is 0 Å². The zero-order chi connectivity index (χ0) is 18.6. The SMILES string of the molecule is CCC(C)NS(=O)(=O)c1ccc(C(=O)Nc2cc(F)cc(F)c2)cc1. The van der Waals surface area contributed by atoms with Gasteiger partial charge < -0.3 is 5.32 Å². The summed E-state index contributed by atoms with van der Waals surface area (Å²) in [6, 6.07) is 7.70. The maximum absolute atomic E-state index is 13.1. The van der Waals surface area contributed by atoms with Crippen molar-refractivity contribution in [3.05, 3.63) is 59.7 Å². The van der Waals surface area contributed by atoms with E-state index in [2.05, 4.69) is 10.0 Å². The van der Waals surface area contributed by atoms with E-state index in [9.17, 15) is 22.0 Å². The number of anilines is 1. The smallest absolute Gasteiger partial charge is 0.255 e. The lowest BCUT2D eigenvalue weighted by atomic mass is 10.2. The summed E-state index contributed by atoms with van der Waals surface area (Å²) in [5, 5.41) is 2.36. The Kier molecular flexibility index (Phi) is 5.86. The third-order valence-electron chi connectivity index (χ3n) is 3.52. The van der Waals surface area contributed by atoms with Crippen molar-refractivity contribution in [2.45, 2.75) is 31.2 Å². The van der Waals surface area contributed by atoms with Crippen LogP contribution in [0.1, 0.15) is 30.6 Å². The Bertz CT molecular complexity index is 848. The zero-order valence-electron chi connectivity index (χ0n) is 13.7. The van der Waals surface area contributed by atoms with E-state index in [1.807, 2.05) is 6.92 Å². The lowest BCUT2D eigenvalue weighted by Gasteiger charge is -2.12. The van der Waals surface area contributed by atoms with Gasteiger partial charge in [0.1, 0.15) is 11.6 Å². The average Bonchev–Trinajstić information content (AvgIpc) is 2.53. The van der Waals surface area contributed by atoms with E-state index in [4.69, 9.17) is 0 Å². The van der Waals surface area contributed by atoms with Crippen molar-refractivity contribution in [3.8, 4) is 0 Å². The number of carbonyl (C=O) groups is 1. The lowest BCUT2D eigenvalue weighted by Crippen LogP contribution is -2.32. The molecule has 2 aromatic rings. The number of sulfonamides is 1. The van der Waals surface area contributed by atoms with E-state index < -0.39 is 27.6 Å². The van der Waals surface area contributed by atoms with E-state index in [0.717, 1.165) is 12.1 Å². The van der Waals surface area contributed by atoms with Crippen LogP contribution in [0.5, 0.6) is 0 Å². The summed E-state index contributed by atoms with van der Waals surface area (Å²) in [5.74, 6) is -2.23. The van der Waals surface area contributed by atoms with Crippen molar-refractivity contribution in [3.63, 3.8) is 0 Å². The number of halogens is 2. The molecule has 1 unspecified atom stereocenters. The summed E-state index contributed by atoms with van der Waals surface area (Å²) in [6.07, 6.45) is 0.643. The molecule has 0 aliphatic heterocycles. The number of carbonyl (C=O) groups excluding carboxylic acids is 1. The fourth-order valence-corrected chi connectivity index (χ4v) is 3.36. The summed E-state index contributed by atoms with van der Waals surface area (Å²) in [5.41, 5.74) is 0.129. The first-order chi connectivity index (χ1) is 11.7. The van der Waals surface area contributed by atoms with Crippen LogP contribution in [0.15, 0.2) is 47.4 Å². The molecule has 2 rings (SSSR count). The molecule has 0 bridgehead atoms. The van der Waals surface area contributed by atoms with Crippen molar-refractivity contribution < 1.29 is 22.0 Å². The van der Waals surface area contributed by atoms with Crippen molar-refractivity contribution in [2.24, 2.45) is 0 Å². The maximum Gasteiger partial charge on any atom is 0.255 e. The molecule has 5 nitrogen and oxygen atoms in total. The number of hydrogen-bond acceptors (Lipinski definition) is 3. The molecule has 0 aliphatic carbocycles. The van der Waals surface area contributed by atoms with Gasteiger partial charge in [0.05, 0.1) is 4.90 Å². The molecule has 0 aliphatic rings. The summed E-state index contributed by atoms with van der Waals surface area (Å²) in [7, 11) is -3.67. The number of nitrogens with one attached hydrogen (secondary N) is 2. The van der Waals surface area contributed by atoms with E-state index >= 15 is 0 Å². The molecule has 1 atom stereocenters. The van der Waals surface area contributed by atoms with Crippen LogP contribution in [0.3, 0.4) is 0 Å². The van der Waals surface area contributed by atoms with E-state index in [1.165, 1.54) is 24.3 Å². The molecule has 2 aromatic carbocycles. The Hall–Kier alpha value is -2.32. The molecular weight excluding hydrogens is 350 g/mol. The Balaban J connectivity index is 2.15. The van der Waals surface area contributed by atoms with Gasteiger partial charge in [0, 0.05) is 23.4 Å². The molecule has 134 valence electrons. The highest BCUT2D eigenvalue weighted by Crippen LogP contribution is 2.16. The first-order valence-corrected chi connectivity index (χ1v) is 9.09. The second kappa shape index (κ2) is 7.71. The van der Waals surface area contributed by atoms with Gasteiger partial charge in [-0.2, -0.15) is 0 Å². The molecule has 0 saturated heterocycles. The Morgan fingerprint density at radius 3 is 2.16 bits per heavy atom. The van der Waals surface area contributed by atoms with Gasteiger partial charge in [-0.3, -0.25) is 4.79 Å². The first-order valence-electron chi connectivity index (χ1n) is 7.61. The van der Waals surface area contributed by atoms with Gasteiger partial charge >= 0.3 is 0 Å². The largest absolute Gasteiger partial charge is 0.322 e. The van der Waals surface area contributed by atoms with Crippen molar-refractivity contribution in [1.82, 2.24) is 4.72 Å². The highest BCUT2D eigenvalue weighted by Gasteiger charge is 2.17. The number of amides is 1. The topological polar surface area (TPSA) is 75.3 Å². The van der Waals surface area contributed by atoms with Crippen molar-refractivity contribution >= 4 is 21.6 Å². The predicted octanol–water partition coefficient (Wildman–Crippen LogP) is 3.29. The highest BCUT2D eigenvalue weighted by atomic mass is 32.2. The van der Waals surface area contributed by atoms with Crippen LogP contribution >= 0.6 is 0 Å². The van der Waals surface area contributed by atoms with Crippen LogP contribution in [0.25, 0.3) is 0 Å². The Morgan fingerprint density at radius 2 is 1.64 bits per heavy atom. The minimum absolute atomic E-state index is 0.0288. The second-order valence-electron chi connectivity index (χ2n) is 5.57.